The zero-order valence-electron chi connectivity index (χ0n) is 16.3. The normalized spacial score (nSPS) is 13.9. The number of rotatable bonds is 6. The second-order valence-electron chi connectivity index (χ2n) is 6.94. The molecule has 0 radical (unpaired) electrons. The number of urea groups is 1. The van der Waals surface area contributed by atoms with Gasteiger partial charge in [-0.3, -0.25) is 4.79 Å². The topological polar surface area (TPSA) is 61.9 Å². The molecule has 0 bridgehead atoms. The van der Waals surface area contributed by atoms with Gasteiger partial charge in [-0.2, -0.15) is 0 Å². The Bertz CT molecular complexity index is 787. The fourth-order valence-corrected chi connectivity index (χ4v) is 3.21. The molecule has 1 aliphatic heterocycles. The summed E-state index contributed by atoms with van der Waals surface area (Å²) in [5, 5.41) is 2.97. The van der Waals surface area contributed by atoms with Gasteiger partial charge >= 0.3 is 6.03 Å². The first kappa shape index (κ1) is 19.7. The summed E-state index contributed by atoms with van der Waals surface area (Å²) in [6.07, 6.45) is 0.808. The third kappa shape index (κ3) is 5.74. The van der Waals surface area contributed by atoms with Gasteiger partial charge in [-0.25, -0.2) is 4.79 Å². The number of piperazine rings is 1. The molecule has 2 aromatic rings. The van der Waals surface area contributed by atoms with Gasteiger partial charge in [-0.15, -0.1) is 0 Å². The van der Waals surface area contributed by atoms with E-state index in [1.807, 2.05) is 36.4 Å². The van der Waals surface area contributed by atoms with Crippen molar-refractivity contribution in [2.24, 2.45) is 0 Å². The Labute approximate surface area is 166 Å². The smallest absolute Gasteiger partial charge is 0.317 e. The Morgan fingerprint density at radius 3 is 2.39 bits per heavy atom. The lowest BCUT2D eigenvalue weighted by Crippen LogP contribution is -2.54. The fourth-order valence-electron chi connectivity index (χ4n) is 3.21. The van der Waals surface area contributed by atoms with Crippen LogP contribution in [0.1, 0.15) is 11.1 Å². The summed E-state index contributed by atoms with van der Waals surface area (Å²) in [7, 11) is 0. The second-order valence-corrected chi connectivity index (χ2v) is 6.94. The van der Waals surface area contributed by atoms with E-state index in [0.29, 0.717) is 38.5 Å². The molecule has 1 fully saturated rings. The Balaban J connectivity index is 1.35. The largest absolute Gasteiger partial charge is 0.484 e. The number of hydrogen-bond donors (Lipinski definition) is 1. The monoisotopic (exact) mass is 381 g/mol. The highest BCUT2D eigenvalue weighted by atomic mass is 16.5. The molecule has 1 heterocycles. The number of nitrogens with one attached hydrogen (secondary N) is 1. The van der Waals surface area contributed by atoms with Gasteiger partial charge < -0.3 is 19.9 Å². The molecular weight excluding hydrogens is 354 g/mol. The van der Waals surface area contributed by atoms with Crippen molar-refractivity contribution in [3.63, 3.8) is 0 Å². The first-order valence-corrected chi connectivity index (χ1v) is 9.66. The number of benzene rings is 2. The van der Waals surface area contributed by atoms with Crippen molar-refractivity contribution in [1.29, 1.82) is 0 Å². The van der Waals surface area contributed by atoms with E-state index < -0.39 is 0 Å². The summed E-state index contributed by atoms with van der Waals surface area (Å²) in [4.78, 5) is 28.1. The average molecular weight is 381 g/mol. The summed E-state index contributed by atoms with van der Waals surface area (Å²) < 4.78 is 5.51. The van der Waals surface area contributed by atoms with E-state index in [1.54, 1.807) is 9.80 Å². The van der Waals surface area contributed by atoms with E-state index in [9.17, 15) is 9.59 Å². The van der Waals surface area contributed by atoms with Gasteiger partial charge in [0, 0.05) is 32.7 Å². The maximum Gasteiger partial charge on any atom is 0.317 e. The number of hydrogen-bond acceptors (Lipinski definition) is 3. The van der Waals surface area contributed by atoms with Crippen LogP contribution in [0.2, 0.25) is 0 Å². The number of carbonyl (C=O) groups excluding carboxylic acids is 2. The molecule has 0 atom stereocenters. The van der Waals surface area contributed by atoms with Crippen molar-refractivity contribution < 1.29 is 14.3 Å². The summed E-state index contributed by atoms with van der Waals surface area (Å²) in [6, 6.07) is 17.5. The van der Waals surface area contributed by atoms with Gasteiger partial charge in [-0.05, 0) is 31.0 Å². The second kappa shape index (κ2) is 9.78. The van der Waals surface area contributed by atoms with Crippen molar-refractivity contribution in [3.8, 4) is 5.75 Å². The van der Waals surface area contributed by atoms with Crippen molar-refractivity contribution >= 4 is 11.9 Å². The molecule has 6 heteroatoms. The molecule has 0 aromatic heterocycles. The lowest BCUT2D eigenvalue weighted by molar-refractivity contribution is -0.134. The van der Waals surface area contributed by atoms with Crippen molar-refractivity contribution in [2.45, 2.75) is 13.3 Å². The van der Waals surface area contributed by atoms with Crippen molar-refractivity contribution in [3.05, 3.63) is 65.7 Å². The lowest BCUT2D eigenvalue weighted by atomic mass is 10.1. The average Bonchev–Trinajstić information content (AvgIpc) is 2.73. The number of aryl methyl sites for hydroxylation is 1. The quantitative estimate of drug-likeness (QED) is 0.836. The minimum atomic E-state index is -0.0692. The predicted octanol–water partition coefficient (Wildman–Crippen LogP) is 2.47. The van der Waals surface area contributed by atoms with Gasteiger partial charge in [0.15, 0.2) is 6.61 Å². The van der Waals surface area contributed by atoms with Crippen molar-refractivity contribution in [1.82, 2.24) is 15.1 Å². The predicted molar refractivity (Wildman–Crippen MR) is 108 cm³/mol. The van der Waals surface area contributed by atoms with Crippen LogP contribution in [0.3, 0.4) is 0 Å². The summed E-state index contributed by atoms with van der Waals surface area (Å²) >= 11 is 0. The molecule has 0 spiro atoms. The number of ether oxygens (including phenoxy) is 1. The molecule has 0 unspecified atom stereocenters. The van der Waals surface area contributed by atoms with E-state index >= 15 is 0 Å². The molecule has 28 heavy (non-hydrogen) atoms. The number of para-hydroxylation sites is 1. The van der Waals surface area contributed by atoms with E-state index in [0.717, 1.165) is 6.42 Å². The van der Waals surface area contributed by atoms with Crippen LogP contribution in [0.5, 0.6) is 5.75 Å². The molecule has 0 saturated carbocycles. The Morgan fingerprint density at radius 1 is 0.964 bits per heavy atom. The zero-order chi connectivity index (χ0) is 19.8. The minimum Gasteiger partial charge on any atom is -0.484 e. The van der Waals surface area contributed by atoms with Gasteiger partial charge in [0.2, 0.25) is 0 Å². The number of amides is 3. The Kier molecular flexibility index (Phi) is 6.89. The number of nitrogens with zero attached hydrogens (tertiary/aromatic N) is 2. The van der Waals surface area contributed by atoms with Gasteiger partial charge in [0.1, 0.15) is 5.75 Å². The molecule has 1 saturated heterocycles. The lowest BCUT2D eigenvalue weighted by Gasteiger charge is -2.34. The summed E-state index contributed by atoms with van der Waals surface area (Å²) in [5.74, 6) is 0.630. The van der Waals surface area contributed by atoms with Crippen LogP contribution >= 0.6 is 0 Å². The van der Waals surface area contributed by atoms with E-state index in [1.165, 1.54) is 11.1 Å². The van der Waals surface area contributed by atoms with Crippen LogP contribution in [0, 0.1) is 6.92 Å². The van der Waals surface area contributed by atoms with Crippen LogP contribution in [0.4, 0.5) is 4.79 Å². The highest BCUT2D eigenvalue weighted by Gasteiger charge is 2.24. The molecule has 3 rings (SSSR count). The zero-order valence-corrected chi connectivity index (χ0v) is 16.3. The summed E-state index contributed by atoms with van der Waals surface area (Å²) in [6.45, 7) is 4.82. The fraction of sp³-hybridized carbons (Fsp3) is 0.364. The van der Waals surface area contributed by atoms with Gasteiger partial charge in [0.05, 0.1) is 0 Å². The van der Waals surface area contributed by atoms with E-state index in [4.69, 9.17) is 4.74 Å². The molecule has 2 aromatic carbocycles. The van der Waals surface area contributed by atoms with Gasteiger partial charge in [0.25, 0.3) is 5.91 Å². The van der Waals surface area contributed by atoms with Crippen LogP contribution < -0.4 is 10.1 Å². The third-order valence-corrected chi connectivity index (χ3v) is 4.80. The minimum absolute atomic E-state index is 0.0205. The molecule has 1 aliphatic rings. The third-order valence-electron chi connectivity index (χ3n) is 4.80. The molecule has 3 amide bonds. The number of carbonyl (C=O) groups is 2. The molecular formula is C22H27N3O3. The standard InChI is InChI=1S/C22H27N3O3/c1-18-6-5-7-19(16-18)10-11-23-22(27)25-14-12-24(13-15-25)21(26)17-28-20-8-3-2-4-9-20/h2-9,16H,10-15,17H2,1H3,(H,23,27). The molecule has 0 aliphatic carbocycles. The molecule has 1 N–H and O–H groups in total. The Hall–Kier alpha value is -3.02. The van der Waals surface area contributed by atoms with Gasteiger partial charge in [-0.1, -0.05) is 48.0 Å². The SMILES string of the molecule is Cc1cccc(CCNC(=O)N2CCN(C(=O)COc3ccccc3)CC2)c1. The highest BCUT2D eigenvalue weighted by Crippen LogP contribution is 2.09. The van der Waals surface area contributed by atoms with Crippen LogP contribution in [0.15, 0.2) is 54.6 Å². The highest BCUT2D eigenvalue weighted by molar-refractivity contribution is 5.79. The van der Waals surface area contributed by atoms with Crippen LogP contribution in [-0.4, -0.2) is 61.1 Å². The van der Waals surface area contributed by atoms with Crippen molar-refractivity contribution in [2.75, 3.05) is 39.3 Å². The van der Waals surface area contributed by atoms with E-state index in [-0.39, 0.29) is 18.5 Å². The van der Waals surface area contributed by atoms with Crippen LogP contribution in [-0.2, 0) is 11.2 Å². The van der Waals surface area contributed by atoms with E-state index in [2.05, 4.69) is 30.4 Å². The summed E-state index contributed by atoms with van der Waals surface area (Å²) in [5.41, 5.74) is 2.44. The van der Waals surface area contributed by atoms with Crippen LogP contribution in [0.25, 0.3) is 0 Å². The molecule has 148 valence electrons. The first-order valence-electron chi connectivity index (χ1n) is 9.66. The maximum atomic E-state index is 12.3. The Morgan fingerprint density at radius 2 is 1.68 bits per heavy atom. The first-order chi connectivity index (χ1) is 13.6. The molecule has 6 nitrogen and oxygen atoms in total. The maximum absolute atomic E-state index is 12.3.